The standard InChI is InChI=1S/C20H19N3O2/c1-13-21-20(25-23-13)16-11-9-15(10-12-16)19(24)22-18-8-4-6-14-5-2-3-7-17(14)18/h4,6,8-12H,2-3,5,7H2,1H3,(H,22,24). The molecule has 1 aliphatic rings. The van der Waals surface area contributed by atoms with E-state index in [-0.39, 0.29) is 5.91 Å². The van der Waals surface area contributed by atoms with Crippen LogP contribution in [0.15, 0.2) is 47.0 Å². The third kappa shape index (κ3) is 3.18. The predicted octanol–water partition coefficient (Wildman–Crippen LogP) is 4.18. The van der Waals surface area contributed by atoms with E-state index >= 15 is 0 Å². The van der Waals surface area contributed by atoms with E-state index in [1.807, 2.05) is 24.3 Å². The van der Waals surface area contributed by atoms with Crippen molar-refractivity contribution in [2.75, 3.05) is 5.32 Å². The van der Waals surface area contributed by atoms with Crippen LogP contribution in [0.4, 0.5) is 5.69 Å². The number of rotatable bonds is 3. The molecule has 5 heteroatoms. The summed E-state index contributed by atoms with van der Waals surface area (Å²) in [6.45, 7) is 1.77. The van der Waals surface area contributed by atoms with Crippen molar-refractivity contribution in [3.63, 3.8) is 0 Å². The van der Waals surface area contributed by atoms with E-state index in [4.69, 9.17) is 4.52 Å². The van der Waals surface area contributed by atoms with Crippen molar-refractivity contribution in [1.29, 1.82) is 0 Å². The lowest BCUT2D eigenvalue weighted by molar-refractivity contribution is 0.102. The Morgan fingerprint density at radius 2 is 1.88 bits per heavy atom. The van der Waals surface area contributed by atoms with Crippen LogP contribution in [0.1, 0.15) is 40.2 Å². The normalized spacial score (nSPS) is 13.3. The van der Waals surface area contributed by atoms with Crippen LogP contribution in [-0.4, -0.2) is 16.0 Å². The minimum atomic E-state index is -0.104. The molecule has 3 aromatic rings. The Morgan fingerprint density at radius 3 is 2.64 bits per heavy atom. The molecule has 25 heavy (non-hydrogen) atoms. The van der Waals surface area contributed by atoms with Crippen LogP contribution in [-0.2, 0) is 12.8 Å². The van der Waals surface area contributed by atoms with Gasteiger partial charge in [0, 0.05) is 16.8 Å². The Morgan fingerprint density at radius 1 is 1.08 bits per heavy atom. The second-order valence-electron chi connectivity index (χ2n) is 6.33. The van der Waals surface area contributed by atoms with Crippen LogP contribution in [0.3, 0.4) is 0 Å². The number of carbonyl (C=O) groups is 1. The number of hydrogen-bond acceptors (Lipinski definition) is 4. The maximum Gasteiger partial charge on any atom is 0.257 e. The van der Waals surface area contributed by atoms with Gasteiger partial charge in [0.1, 0.15) is 0 Å². The van der Waals surface area contributed by atoms with Crippen molar-refractivity contribution in [2.24, 2.45) is 0 Å². The average Bonchev–Trinajstić information content (AvgIpc) is 3.08. The maximum atomic E-state index is 12.6. The van der Waals surface area contributed by atoms with Crippen molar-refractivity contribution >= 4 is 11.6 Å². The summed E-state index contributed by atoms with van der Waals surface area (Å²) < 4.78 is 5.15. The molecule has 1 amide bonds. The Labute approximate surface area is 146 Å². The van der Waals surface area contributed by atoms with Crippen molar-refractivity contribution in [1.82, 2.24) is 10.1 Å². The summed E-state index contributed by atoms with van der Waals surface area (Å²) in [5, 5.41) is 6.84. The number of nitrogens with zero attached hydrogens (tertiary/aromatic N) is 2. The van der Waals surface area contributed by atoms with Gasteiger partial charge in [0.05, 0.1) is 0 Å². The summed E-state index contributed by atoms with van der Waals surface area (Å²) in [6, 6.07) is 13.4. The molecule has 0 fully saturated rings. The van der Waals surface area contributed by atoms with Gasteiger partial charge in [0.2, 0.25) is 0 Å². The summed E-state index contributed by atoms with van der Waals surface area (Å²) in [6.07, 6.45) is 4.53. The number of carbonyl (C=O) groups excluding carboxylic acids is 1. The molecule has 1 aliphatic carbocycles. The highest BCUT2D eigenvalue weighted by atomic mass is 16.5. The summed E-state index contributed by atoms with van der Waals surface area (Å²) in [5.41, 5.74) is 4.97. The number of aryl methyl sites for hydroxylation is 2. The quantitative estimate of drug-likeness (QED) is 0.781. The molecule has 0 atom stereocenters. The fraction of sp³-hybridized carbons (Fsp3) is 0.250. The van der Waals surface area contributed by atoms with Crippen LogP contribution in [0.2, 0.25) is 0 Å². The molecule has 0 unspecified atom stereocenters. The number of amides is 1. The van der Waals surface area contributed by atoms with E-state index in [9.17, 15) is 4.79 Å². The van der Waals surface area contributed by atoms with Crippen molar-refractivity contribution in [3.8, 4) is 11.5 Å². The minimum Gasteiger partial charge on any atom is -0.334 e. The van der Waals surface area contributed by atoms with E-state index in [1.54, 1.807) is 19.1 Å². The van der Waals surface area contributed by atoms with E-state index in [1.165, 1.54) is 24.0 Å². The second kappa shape index (κ2) is 6.51. The molecule has 0 spiro atoms. The number of aromatic nitrogens is 2. The van der Waals surface area contributed by atoms with Crippen LogP contribution in [0.5, 0.6) is 0 Å². The number of anilines is 1. The van der Waals surface area contributed by atoms with Gasteiger partial charge in [-0.3, -0.25) is 4.79 Å². The average molecular weight is 333 g/mol. The fourth-order valence-electron chi connectivity index (χ4n) is 3.27. The zero-order valence-corrected chi connectivity index (χ0v) is 14.1. The number of fused-ring (bicyclic) bond motifs is 1. The topological polar surface area (TPSA) is 68.0 Å². The molecule has 0 radical (unpaired) electrons. The van der Waals surface area contributed by atoms with Gasteiger partial charge in [0.15, 0.2) is 5.82 Å². The van der Waals surface area contributed by atoms with Crippen molar-refractivity contribution in [2.45, 2.75) is 32.6 Å². The fourth-order valence-corrected chi connectivity index (χ4v) is 3.27. The summed E-state index contributed by atoms with van der Waals surface area (Å²) in [5.74, 6) is 0.944. The van der Waals surface area contributed by atoms with Gasteiger partial charge in [-0.05, 0) is 74.1 Å². The molecular formula is C20H19N3O2. The Kier molecular flexibility index (Phi) is 4.06. The first kappa shape index (κ1) is 15.6. The molecule has 0 aliphatic heterocycles. The third-order valence-electron chi connectivity index (χ3n) is 4.57. The molecule has 0 bridgehead atoms. The predicted molar refractivity (Wildman–Crippen MR) is 95.5 cm³/mol. The lowest BCUT2D eigenvalue weighted by Crippen LogP contribution is -2.15. The maximum absolute atomic E-state index is 12.6. The SMILES string of the molecule is Cc1noc(-c2ccc(C(=O)Nc3cccc4c3CCCC4)cc2)n1. The highest BCUT2D eigenvalue weighted by molar-refractivity contribution is 6.05. The van der Waals surface area contributed by atoms with Gasteiger partial charge in [-0.1, -0.05) is 17.3 Å². The van der Waals surface area contributed by atoms with Crippen LogP contribution < -0.4 is 5.32 Å². The summed E-state index contributed by atoms with van der Waals surface area (Å²) >= 11 is 0. The molecule has 1 heterocycles. The van der Waals surface area contributed by atoms with Gasteiger partial charge >= 0.3 is 0 Å². The Hall–Kier alpha value is -2.95. The van der Waals surface area contributed by atoms with Crippen LogP contribution in [0.25, 0.3) is 11.5 Å². The first-order valence-electron chi connectivity index (χ1n) is 8.53. The minimum absolute atomic E-state index is 0.104. The lowest BCUT2D eigenvalue weighted by atomic mass is 9.90. The summed E-state index contributed by atoms with van der Waals surface area (Å²) in [4.78, 5) is 16.8. The number of nitrogens with one attached hydrogen (secondary N) is 1. The first-order valence-corrected chi connectivity index (χ1v) is 8.53. The second-order valence-corrected chi connectivity index (χ2v) is 6.33. The lowest BCUT2D eigenvalue weighted by Gasteiger charge is -2.19. The molecule has 0 saturated carbocycles. The van der Waals surface area contributed by atoms with Gasteiger partial charge < -0.3 is 9.84 Å². The van der Waals surface area contributed by atoms with E-state index in [0.29, 0.717) is 17.3 Å². The number of benzene rings is 2. The molecule has 1 aromatic heterocycles. The molecule has 2 aromatic carbocycles. The summed E-state index contributed by atoms with van der Waals surface area (Å²) in [7, 11) is 0. The number of hydrogen-bond donors (Lipinski definition) is 1. The zero-order chi connectivity index (χ0) is 17.2. The molecule has 1 N–H and O–H groups in total. The van der Waals surface area contributed by atoms with Gasteiger partial charge in [-0.15, -0.1) is 0 Å². The van der Waals surface area contributed by atoms with E-state index < -0.39 is 0 Å². The van der Waals surface area contributed by atoms with E-state index in [2.05, 4.69) is 21.5 Å². The molecule has 5 nitrogen and oxygen atoms in total. The van der Waals surface area contributed by atoms with E-state index in [0.717, 1.165) is 24.1 Å². The highest BCUT2D eigenvalue weighted by Crippen LogP contribution is 2.28. The first-order chi connectivity index (χ1) is 12.2. The zero-order valence-electron chi connectivity index (χ0n) is 14.1. The largest absolute Gasteiger partial charge is 0.334 e. The third-order valence-corrected chi connectivity index (χ3v) is 4.57. The molecule has 4 rings (SSSR count). The van der Waals surface area contributed by atoms with Crippen molar-refractivity contribution < 1.29 is 9.32 Å². The van der Waals surface area contributed by atoms with Crippen LogP contribution >= 0.6 is 0 Å². The molecular weight excluding hydrogens is 314 g/mol. The smallest absolute Gasteiger partial charge is 0.257 e. The van der Waals surface area contributed by atoms with Crippen molar-refractivity contribution in [3.05, 3.63) is 65.0 Å². The Balaban J connectivity index is 1.54. The molecule has 0 saturated heterocycles. The Bertz CT molecular complexity index is 913. The van der Waals surface area contributed by atoms with Gasteiger partial charge in [-0.25, -0.2) is 0 Å². The van der Waals surface area contributed by atoms with Gasteiger partial charge in [-0.2, -0.15) is 4.98 Å². The van der Waals surface area contributed by atoms with Crippen LogP contribution in [0, 0.1) is 6.92 Å². The van der Waals surface area contributed by atoms with Gasteiger partial charge in [0.25, 0.3) is 11.8 Å². The monoisotopic (exact) mass is 333 g/mol. The highest BCUT2D eigenvalue weighted by Gasteiger charge is 2.15. The molecule has 126 valence electrons.